The largest absolute Gasteiger partial charge is 0.494 e. The van der Waals surface area contributed by atoms with E-state index in [1.165, 1.54) is 0 Å². The molecule has 0 radical (unpaired) electrons. The lowest BCUT2D eigenvalue weighted by molar-refractivity contribution is 0.413. The number of hydrogen-bond acceptors (Lipinski definition) is 4. The zero-order valence-corrected chi connectivity index (χ0v) is 16.6. The second kappa shape index (κ2) is 7.04. The molecule has 2 aromatic carbocycles. The highest BCUT2D eigenvalue weighted by molar-refractivity contribution is 14.1. The molecule has 3 aromatic rings. The van der Waals surface area contributed by atoms with Gasteiger partial charge in [0.15, 0.2) is 0 Å². The van der Waals surface area contributed by atoms with Gasteiger partial charge in [-0.1, -0.05) is 12.1 Å². The summed E-state index contributed by atoms with van der Waals surface area (Å²) in [5.41, 5.74) is 2.09. The van der Waals surface area contributed by atoms with Crippen LogP contribution in [0.2, 0.25) is 0 Å². The summed E-state index contributed by atoms with van der Waals surface area (Å²) in [4.78, 5) is 4.43. The number of anilines is 1. The quantitative estimate of drug-likeness (QED) is 0.580. The zero-order valence-electron chi connectivity index (χ0n) is 13.6. The number of nitrogens with zero attached hydrogens (tertiary/aromatic N) is 2. The Morgan fingerprint density at radius 2 is 1.96 bits per heavy atom. The van der Waals surface area contributed by atoms with Crippen molar-refractivity contribution in [2.24, 2.45) is 0 Å². The van der Waals surface area contributed by atoms with E-state index in [0.717, 1.165) is 11.4 Å². The number of imidazole rings is 1. The molecule has 130 valence electrons. The molecule has 0 aliphatic heterocycles. The highest BCUT2D eigenvalue weighted by atomic mass is 127. The van der Waals surface area contributed by atoms with Crippen LogP contribution >= 0.6 is 22.6 Å². The minimum atomic E-state index is -3.67. The van der Waals surface area contributed by atoms with E-state index in [0.29, 0.717) is 15.0 Å². The van der Waals surface area contributed by atoms with Crippen molar-refractivity contribution in [2.45, 2.75) is 11.8 Å². The van der Waals surface area contributed by atoms with Crippen LogP contribution in [0.15, 0.2) is 59.9 Å². The van der Waals surface area contributed by atoms with Crippen LogP contribution in [0.4, 0.5) is 5.69 Å². The summed E-state index contributed by atoms with van der Waals surface area (Å²) in [5, 5.41) is 0. The standard InChI is InChI=1S/C17H16IN3O3S/c1-12-10-21(11-19-12)15-8-7-13(9-16(15)24-2)20-25(22,23)17-6-4-3-5-14(17)18/h3-11,20H,1-2H3. The molecule has 25 heavy (non-hydrogen) atoms. The van der Waals surface area contributed by atoms with Gasteiger partial charge in [-0.3, -0.25) is 4.72 Å². The Labute approximate surface area is 160 Å². The molecule has 1 heterocycles. The van der Waals surface area contributed by atoms with E-state index in [1.807, 2.05) is 40.3 Å². The minimum absolute atomic E-state index is 0.240. The van der Waals surface area contributed by atoms with Crippen LogP contribution in [0.3, 0.4) is 0 Å². The monoisotopic (exact) mass is 469 g/mol. The van der Waals surface area contributed by atoms with Crippen LogP contribution in [0.5, 0.6) is 5.75 Å². The van der Waals surface area contributed by atoms with Crippen molar-refractivity contribution in [1.29, 1.82) is 0 Å². The number of rotatable bonds is 5. The third kappa shape index (κ3) is 3.79. The Balaban J connectivity index is 1.95. The van der Waals surface area contributed by atoms with E-state index in [4.69, 9.17) is 4.74 Å². The first kappa shape index (κ1) is 17.7. The summed E-state index contributed by atoms with van der Waals surface area (Å²) in [6.45, 7) is 1.90. The van der Waals surface area contributed by atoms with Crippen LogP contribution in [0.1, 0.15) is 5.69 Å². The third-order valence-electron chi connectivity index (χ3n) is 3.55. The molecule has 0 amide bonds. The van der Waals surface area contributed by atoms with Gasteiger partial charge in [0.05, 0.1) is 30.5 Å². The van der Waals surface area contributed by atoms with E-state index in [1.54, 1.807) is 55.9 Å². The SMILES string of the molecule is COc1cc(NS(=O)(=O)c2ccccc2I)ccc1-n1cnc(C)c1. The molecule has 0 bridgehead atoms. The maximum Gasteiger partial charge on any atom is 0.262 e. The zero-order chi connectivity index (χ0) is 18.0. The number of hydrogen-bond donors (Lipinski definition) is 1. The first-order valence-electron chi connectivity index (χ1n) is 7.37. The lowest BCUT2D eigenvalue weighted by Crippen LogP contribution is -2.14. The lowest BCUT2D eigenvalue weighted by atomic mass is 10.2. The number of halogens is 1. The second-order valence-electron chi connectivity index (χ2n) is 5.34. The molecular formula is C17H16IN3O3S. The van der Waals surface area contributed by atoms with Crippen molar-refractivity contribution in [3.05, 3.63) is 64.3 Å². The van der Waals surface area contributed by atoms with Gasteiger partial charge < -0.3 is 9.30 Å². The van der Waals surface area contributed by atoms with Crippen molar-refractivity contribution < 1.29 is 13.2 Å². The predicted octanol–water partition coefficient (Wildman–Crippen LogP) is 3.59. The van der Waals surface area contributed by atoms with Crippen LogP contribution in [0, 0.1) is 10.5 Å². The van der Waals surface area contributed by atoms with E-state index < -0.39 is 10.0 Å². The summed E-state index contributed by atoms with van der Waals surface area (Å²) in [7, 11) is -2.13. The average Bonchev–Trinajstić information content (AvgIpc) is 3.01. The fourth-order valence-electron chi connectivity index (χ4n) is 2.38. The molecule has 8 heteroatoms. The molecule has 0 unspecified atom stereocenters. The van der Waals surface area contributed by atoms with Crippen LogP contribution in [-0.2, 0) is 10.0 Å². The van der Waals surface area contributed by atoms with Gasteiger partial charge in [0.25, 0.3) is 10.0 Å². The van der Waals surface area contributed by atoms with E-state index >= 15 is 0 Å². The maximum atomic E-state index is 12.6. The smallest absolute Gasteiger partial charge is 0.262 e. The highest BCUT2D eigenvalue weighted by Crippen LogP contribution is 2.28. The van der Waals surface area contributed by atoms with Crippen molar-refractivity contribution in [3.8, 4) is 11.4 Å². The van der Waals surface area contributed by atoms with Gasteiger partial charge in [-0.25, -0.2) is 13.4 Å². The molecule has 0 atom stereocenters. The van der Waals surface area contributed by atoms with Crippen LogP contribution in [0.25, 0.3) is 5.69 Å². The molecule has 0 aliphatic carbocycles. The van der Waals surface area contributed by atoms with Crippen LogP contribution in [-0.4, -0.2) is 25.1 Å². The molecule has 1 N–H and O–H groups in total. The van der Waals surface area contributed by atoms with Gasteiger partial charge in [0.1, 0.15) is 10.6 Å². The van der Waals surface area contributed by atoms with Gasteiger partial charge in [0.2, 0.25) is 0 Å². The Bertz CT molecular complexity index is 1020. The van der Waals surface area contributed by atoms with Gasteiger partial charge in [-0.2, -0.15) is 0 Å². The Kier molecular flexibility index (Phi) is 5.00. The molecule has 0 saturated heterocycles. The number of sulfonamides is 1. The normalized spacial score (nSPS) is 11.3. The molecular weight excluding hydrogens is 453 g/mol. The fourth-order valence-corrected chi connectivity index (χ4v) is 4.77. The van der Waals surface area contributed by atoms with Gasteiger partial charge in [-0.15, -0.1) is 0 Å². The first-order valence-corrected chi connectivity index (χ1v) is 9.93. The Morgan fingerprint density at radius 3 is 2.60 bits per heavy atom. The summed E-state index contributed by atoms with van der Waals surface area (Å²) >= 11 is 2.00. The summed E-state index contributed by atoms with van der Waals surface area (Å²) in [5.74, 6) is 0.542. The van der Waals surface area contributed by atoms with Crippen molar-refractivity contribution in [3.63, 3.8) is 0 Å². The number of nitrogens with one attached hydrogen (secondary N) is 1. The van der Waals surface area contributed by atoms with Gasteiger partial charge in [-0.05, 0) is 53.8 Å². The topological polar surface area (TPSA) is 73.2 Å². The number of aryl methyl sites for hydroxylation is 1. The first-order chi connectivity index (χ1) is 11.9. The van der Waals surface area contributed by atoms with Crippen molar-refractivity contribution in [1.82, 2.24) is 9.55 Å². The number of benzene rings is 2. The highest BCUT2D eigenvalue weighted by Gasteiger charge is 2.18. The van der Waals surface area contributed by atoms with Crippen LogP contribution < -0.4 is 9.46 Å². The van der Waals surface area contributed by atoms with E-state index in [9.17, 15) is 8.42 Å². The average molecular weight is 469 g/mol. The predicted molar refractivity (Wildman–Crippen MR) is 105 cm³/mol. The van der Waals surface area contributed by atoms with Crippen molar-refractivity contribution >= 4 is 38.3 Å². The van der Waals surface area contributed by atoms with Crippen molar-refractivity contribution in [2.75, 3.05) is 11.8 Å². The maximum absolute atomic E-state index is 12.6. The van der Waals surface area contributed by atoms with E-state index in [2.05, 4.69) is 9.71 Å². The minimum Gasteiger partial charge on any atom is -0.494 e. The molecule has 0 aliphatic rings. The molecule has 0 spiro atoms. The summed E-state index contributed by atoms with van der Waals surface area (Å²) < 4.78 is 35.7. The molecule has 6 nitrogen and oxygen atoms in total. The number of methoxy groups -OCH3 is 1. The lowest BCUT2D eigenvalue weighted by Gasteiger charge is -2.13. The second-order valence-corrected chi connectivity index (χ2v) is 8.16. The Hall–Kier alpha value is -2.07. The van der Waals surface area contributed by atoms with Gasteiger partial charge in [0, 0.05) is 15.8 Å². The summed E-state index contributed by atoms with van der Waals surface area (Å²) in [6.07, 6.45) is 3.55. The molecule has 3 rings (SSSR count). The summed E-state index contributed by atoms with van der Waals surface area (Å²) in [6, 6.07) is 11.9. The number of ether oxygens (including phenoxy) is 1. The number of aromatic nitrogens is 2. The van der Waals surface area contributed by atoms with Gasteiger partial charge >= 0.3 is 0 Å². The fraction of sp³-hybridized carbons (Fsp3) is 0.118. The molecule has 0 fully saturated rings. The molecule has 0 saturated carbocycles. The Morgan fingerprint density at radius 1 is 1.20 bits per heavy atom. The molecule has 1 aromatic heterocycles. The van der Waals surface area contributed by atoms with E-state index in [-0.39, 0.29) is 4.90 Å². The third-order valence-corrected chi connectivity index (χ3v) is 6.29.